The Labute approximate surface area is 118 Å². The topological polar surface area (TPSA) is 52.6 Å². The van der Waals surface area contributed by atoms with Gasteiger partial charge in [-0.25, -0.2) is 4.79 Å². The average Bonchev–Trinajstić information content (AvgIpc) is 2.35. The molecular formula is C12H17F5O4. The van der Waals surface area contributed by atoms with E-state index in [1.165, 1.54) is 13.8 Å². The lowest BCUT2D eigenvalue weighted by Gasteiger charge is -2.27. The number of carbonyl (C=O) groups is 2. The Kier molecular flexibility index (Phi) is 6.56. The normalized spacial score (nSPS) is 15.2. The smallest absolute Gasteiger partial charge is 0.465 e. The first-order chi connectivity index (χ1) is 9.42. The summed E-state index contributed by atoms with van der Waals surface area (Å²) in [5.74, 6) is -9.17. The fourth-order valence-electron chi connectivity index (χ4n) is 1.52. The lowest BCUT2D eigenvalue weighted by atomic mass is 9.86. The molecule has 0 spiro atoms. The molecule has 0 aromatic carbocycles. The van der Waals surface area contributed by atoms with E-state index in [0.717, 1.165) is 0 Å². The van der Waals surface area contributed by atoms with Gasteiger partial charge in [-0.2, -0.15) is 22.0 Å². The molecule has 0 saturated heterocycles. The third-order valence-corrected chi connectivity index (χ3v) is 2.70. The molecule has 0 aliphatic rings. The van der Waals surface area contributed by atoms with Crippen LogP contribution in [0, 0.1) is 5.41 Å². The van der Waals surface area contributed by atoms with E-state index in [1.54, 1.807) is 6.92 Å². The summed E-state index contributed by atoms with van der Waals surface area (Å²) < 4.78 is 70.1. The van der Waals surface area contributed by atoms with Crippen molar-refractivity contribution in [2.45, 2.75) is 45.7 Å². The van der Waals surface area contributed by atoms with Gasteiger partial charge in [-0.15, -0.1) is 0 Å². The van der Waals surface area contributed by atoms with Crippen LogP contribution in [0.15, 0.2) is 0 Å². The number of hydrogen-bond donors (Lipinski definition) is 0. The molecule has 0 amide bonds. The number of halogens is 5. The van der Waals surface area contributed by atoms with E-state index >= 15 is 0 Å². The molecule has 0 aliphatic carbocycles. The fourth-order valence-corrected chi connectivity index (χ4v) is 1.52. The number of hydrogen-bond acceptors (Lipinski definition) is 4. The fraction of sp³-hybridized carbons (Fsp3) is 0.833. The lowest BCUT2D eigenvalue weighted by Crippen LogP contribution is -2.47. The molecule has 0 aromatic rings. The second-order valence-electron chi connectivity index (χ2n) is 4.68. The van der Waals surface area contributed by atoms with E-state index in [1.807, 2.05) is 0 Å². The highest BCUT2D eigenvalue weighted by Gasteiger charge is 2.65. The zero-order valence-corrected chi connectivity index (χ0v) is 11.9. The van der Waals surface area contributed by atoms with Crippen LogP contribution < -0.4 is 0 Å². The van der Waals surface area contributed by atoms with Crippen molar-refractivity contribution in [2.75, 3.05) is 13.2 Å². The Bertz CT molecular complexity index is 380. The van der Waals surface area contributed by atoms with Gasteiger partial charge in [0.15, 0.2) is 0 Å². The van der Waals surface area contributed by atoms with Crippen molar-refractivity contribution >= 4 is 11.9 Å². The van der Waals surface area contributed by atoms with Gasteiger partial charge >= 0.3 is 24.0 Å². The van der Waals surface area contributed by atoms with Crippen LogP contribution in [0.5, 0.6) is 0 Å². The van der Waals surface area contributed by atoms with Crippen LogP contribution in [-0.4, -0.2) is 37.3 Å². The minimum Gasteiger partial charge on any atom is -0.465 e. The molecule has 21 heavy (non-hydrogen) atoms. The molecule has 124 valence electrons. The first-order valence-corrected chi connectivity index (χ1v) is 6.21. The van der Waals surface area contributed by atoms with E-state index in [2.05, 4.69) is 4.74 Å². The highest BCUT2D eigenvalue weighted by Crippen LogP contribution is 2.37. The minimum atomic E-state index is -6.05. The van der Waals surface area contributed by atoms with E-state index in [-0.39, 0.29) is 13.0 Å². The molecule has 0 aromatic heterocycles. The summed E-state index contributed by atoms with van der Waals surface area (Å²) in [4.78, 5) is 22.6. The number of ether oxygens (including phenoxy) is 2. The van der Waals surface area contributed by atoms with E-state index < -0.39 is 36.1 Å². The number of alkyl halides is 5. The summed E-state index contributed by atoms with van der Waals surface area (Å²) in [7, 11) is 0. The summed E-state index contributed by atoms with van der Waals surface area (Å²) in [5.41, 5.74) is -1.47. The SMILES string of the molecule is CCCC(C)(COC(=O)C(F)(F)C(F)(F)F)C(=O)OCC. The predicted molar refractivity (Wildman–Crippen MR) is 61.6 cm³/mol. The molecule has 9 heteroatoms. The Morgan fingerprint density at radius 1 is 0.952 bits per heavy atom. The van der Waals surface area contributed by atoms with Crippen molar-refractivity contribution in [3.8, 4) is 0 Å². The third-order valence-electron chi connectivity index (χ3n) is 2.70. The van der Waals surface area contributed by atoms with Crippen LogP contribution in [-0.2, 0) is 19.1 Å². The first kappa shape index (κ1) is 19.6. The van der Waals surface area contributed by atoms with Gasteiger partial charge in [0, 0.05) is 0 Å². The number of rotatable bonds is 7. The lowest BCUT2D eigenvalue weighted by molar-refractivity contribution is -0.281. The molecule has 4 nitrogen and oxygen atoms in total. The minimum absolute atomic E-state index is 0.00476. The van der Waals surface area contributed by atoms with Crippen molar-refractivity contribution in [3.05, 3.63) is 0 Å². The Balaban J connectivity index is 4.93. The maximum absolute atomic E-state index is 12.7. The summed E-state index contributed by atoms with van der Waals surface area (Å²) in [6, 6.07) is 0. The van der Waals surface area contributed by atoms with Gasteiger partial charge in [0.2, 0.25) is 0 Å². The Morgan fingerprint density at radius 3 is 1.86 bits per heavy atom. The van der Waals surface area contributed by atoms with Gasteiger partial charge in [-0.05, 0) is 20.3 Å². The van der Waals surface area contributed by atoms with E-state index in [9.17, 15) is 31.5 Å². The van der Waals surface area contributed by atoms with Crippen LogP contribution in [0.25, 0.3) is 0 Å². The van der Waals surface area contributed by atoms with Crippen LogP contribution in [0.2, 0.25) is 0 Å². The van der Waals surface area contributed by atoms with Crippen molar-refractivity contribution in [1.29, 1.82) is 0 Å². The van der Waals surface area contributed by atoms with Crippen molar-refractivity contribution < 1.29 is 41.0 Å². The standard InChI is InChI=1S/C12H17F5O4/c1-4-6-10(3,8(18)20-5-2)7-21-9(19)11(13,14)12(15,16)17/h4-7H2,1-3H3. The van der Waals surface area contributed by atoms with E-state index in [4.69, 9.17) is 4.74 Å². The van der Waals surface area contributed by atoms with Crippen LogP contribution in [0.4, 0.5) is 22.0 Å². The quantitative estimate of drug-likeness (QED) is 0.534. The zero-order valence-electron chi connectivity index (χ0n) is 11.9. The van der Waals surface area contributed by atoms with Crippen molar-refractivity contribution in [2.24, 2.45) is 5.41 Å². The second-order valence-corrected chi connectivity index (χ2v) is 4.68. The molecule has 0 N–H and O–H groups in total. The maximum Gasteiger partial charge on any atom is 0.465 e. The monoisotopic (exact) mass is 320 g/mol. The largest absolute Gasteiger partial charge is 0.465 e. The van der Waals surface area contributed by atoms with Crippen LogP contribution in [0.1, 0.15) is 33.6 Å². The van der Waals surface area contributed by atoms with Crippen LogP contribution >= 0.6 is 0 Å². The van der Waals surface area contributed by atoms with Crippen LogP contribution in [0.3, 0.4) is 0 Å². The summed E-state index contributed by atoms with van der Waals surface area (Å²) >= 11 is 0. The molecular weight excluding hydrogens is 303 g/mol. The highest BCUT2D eigenvalue weighted by atomic mass is 19.4. The van der Waals surface area contributed by atoms with Gasteiger partial charge in [-0.1, -0.05) is 13.3 Å². The molecule has 1 unspecified atom stereocenters. The Hall–Kier alpha value is -1.41. The molecule has 0 rings (SSSR count). The predicted octanol–water partition coefficient (Wildman–Crippen LogP) is 3.10. The molecule has 0 saturated carbocycles. The van der Waals surface area contributed by atoms with E-state index in [0.29, 0.717) is 6.42 Å². The maximum atomic E-state index is 12.7. The number of esters is 2. The molecule has 0 fully saturated rings. The average molecular weight is 320 g/mol. The van der Waals surface area contributed by atoms with Crippen molar-refractivity contribution in [1.82, 2.24) is 0 Å². The number of carbonyl (C=O) groups excluding carboxylic acids is 2. The second kappa shape index (κ2) is 7.04. The molecule has 1 atom stereocenters. The first-order valence-electron chi connectivity index (χ1n) is 6.21. The molecule has 0 bridgehead atoms. The van der Waals surface area contributed by atoms with Gasteiger partial charge in [0.25, 0.3) is 0 Å². The van der Waals surface area contributed by atoms with Gasteiger partial charge in [-0.3, -0.25) is 4.79 Å². The Morgan fingerprint density at radius 2 is 1.48 bits per heavy atom. The summed E-state index contributed by atoms with van der Waals surface area (Å²) in [6.07, 6.45) is -5.52. The van der Waals surface area contributed by atoms with Gasteiger partial charge in [0.1, 0.15) is 6.61 Å². The zero-order chi connectivity index (χ0) is 16.9. The summed E-state index contributed by atoms with van der Waals surface area (Å²) in [6.45, 7) is 3.54. The molecule has 0 radical (unpaired) electrons. The highest BCUT2D eigenvalue weighted by molar-refractivity contribution is 5.80. The van der Waals surface area contributed by atoms with Gasteiger partial charge < -0.3 is 9.47 Å². The van der Waals surface area contributed by atoms with Gasteiger partial charge in [0.05, 0.1) is 12.0 Å². The molecule has 0 heterocycles. The molecule has 0 aliphatic heterocycles. The third kappa shape index (κ3) is 4.82. The summed E-state index contributed by atoms with van der Waals surface area (Å²) in [5, 5.41) is 0. The van der Waals surface area contributed by atoms with Crippen molar-refractivity contribution in [3.63, 3.8) is 0 Å².